The molecule has 1 amide bonds. The average molecular weight is 381 g/mol. The first kappa shape index (κ1) is 16.2. The maximum absolute atomic E-state index is 13.0. The van der Waals surface area contributed by atoms with E-state index in [9.17, 15) is 18.0 Å². The first-order chi connectivity index (χ1) is 9.62. The highest BCUT2D eigenvalue weighted by Gasteiger charge is 2.36. The monoisotopic (exact) mass is 380 g/mol. The van der Waals surface area contributed by atoms with Gasteiger partial charge in [-0.25, -0.2) is 0 Å². The van der Waals surface area contributed by atoms with E-state index in [2.05, 4.69) is 15.9 Å². The summed E-state index contributed by atoms with van der Waals surface area (Å²) in [5.74, 6) is -0.569. The molecule has 0 spiro atoms. The van der Waals surface area contributed by atoms with E-state index in [-0.39, 0.29) is 9.85 Å². The van der Waals surface area contributed by atoms with E-state index in [1.807, 2.05) is 0 Å². The fraction of sp³-hybridized carbons (Fsp3) is 0.308. The Hall–Kier alpha value is -1.15. The fourth-order valence-electron chi connectivity index (χ4n) is 2.21. The number of nitrogens with zero attached hydrogens (tertiary/aromatic N) is 1. The van der Waals surface area contributed by atoms with Gasteiger partial charge in [-0.15, -0.1) is 0 Å². The van der Waals surface area contributed by atoms with Gasteiger partial charge in [-0.1, -0.05) is 27.7 Å². The van der Waals surface area contributed by atoms with Crippen LogP contribution in [0.4, 0.5) is 18.9 Å². The Labute approximate surface area is 132 Å². The summed E-state index contributed by atoms with van der Waals surface area (Å²) in [5.41, 5.74) is 5.47. The van der Waals surface area contributed by atoms with Gasteiger partial charge in [0, 0.05) is 15.9 Å². The highest BCUT2D eigenvalue weighted by atomic mass is 79.9. The van der Waals surface area contributed by atoms with E-state index in [4.69, 9.17) is 5.73 Å². The highest BCUT2D eigenvalue weighted by Crippen LogP contribution is 2.43. The molecule has 0 fully saturated rings. The number of carbonyl (C=O) groups is 1. The van der Waals surface area contributed by atoms with Crippen LogP contribution in [0.5, 0.6) is 0 Å². The molecule has 0 bridgehead atoms. The molecule has 2 rings (SSSR count). The molecular formula is C13H12BrF3N2OS. The molecule has 0 aliphatic carbocycles. The van der Waals surface area contributed by atoms with Gasteiger partial charge >= 0.3 is 6.18 Å². The molecule has 1 unspecified atom stereocenters. The SMILES string of the molecule is CC1=C(C(N)=O)SC(C)N1c1ccc(Br)c(C(F)(F)F)c1. The Morgan fingerprint density at radius 3 is 2.52 bits per heavy atom. The zero-order valence-corrected chi connectivity index (χ0v) is 13.6. The third-order valence-electron chi connectivity index (χ3n) is 3.10. The summed E-state index contributed by atoms with van der Waals surface area (Å²) in [6.07, 6.45) is -4.45. The molecule has 1 atom stereocenters. The van der Waals surface area contributed by atoms with Gasteiger partial charge in [-0.05, 0) is 32.0 Å². The Morgan fingerprint density at radius 1 is 1.43 bits per heavy atom. The van der Waals surface area contributed by atoms with Gasteiger partial charge in [0.15, 0.2) is 0 Å². The van der Waals surface area contributed by atoms with Crippen molar-refractivity contribution >= 4 is 39.3 Å². The Morgan fingerprint density at radius 2 is 2.05 bits per heavy atom. The van der Waals surface area contributed by atoms with Crippen LogP contribution in [0.1, 0.15) is 19.4 Å². The minimum atomic E-state index is -4.45. The summed E-state index contributed by atoms with van der Waals surface area (Å²) in [6.45, 7) is 3.48. The number of rotatable bonds is 2. The summed E-state index contributed by atoms with van der Waals surface area (Å²) in [6, 6.07) is 3.99. The number of carbonyl (C=O) groups excluding carboxylic acids is 1. The number of benzene rings is 1. The van der Waals surface area contributed by atoms with Crippen molar-refractivity contribution in [2.24, 2.45) is 5.73 Å². The summed E-state index contributed by atoms with van der Waals surface area (Å²) < 4.78 is 38.9. The second-order valence-corrected chi connectivity index (χ2v) is 6.71. The number of halogens is 4. The molecule has 114 valence electrons. The van der Waals surface area contributed by atoms with Crippen LogP contribution in [-0.4, -0.2) is 11.3 Å². The van der Waals surface area contributed by atoms with Gasteiger partial charge in [0.1, 0.15) is 0 Å². The van der Waals surface area contributed by atoms with Crippen molar-refractivity contribution in [2.45, 2.75) is 25.4 Å². The lowest BCUT2D eigenvalue weighted by molar-refractivity contribution is -0.138. The molecule has 2 N–H and O–H groups in total. The third kappa shape index (κ3) is 3.06. The second-order valence-electron chi connectivity index (χ2n) is 4.53. The largest absolute Gasteiger partial charge is 0.417 e. The number of alkyl halides is 3. The topological polar surface area (TPSA) is 46.3 Å². The quantitative estimate of drug-likeness (QED) is 0.840. The fourth-order valence-corrected chi connectivity index (χ4v) is 3.79. The predicted octanol–water partition coefficient (Wildman–Crippen LogP) is 4.08. The Bertz CT molecular complexity index is 630. The van der Waals surface area contributed by atoms with Crippen molar-refractivity contribution in [1.29, 1.82) is 0 Å². The first-order valence-electron chi connectivity index (χ1n) is 5.96. The number of nitrogens with two attached hydrogens (primary N) is 1. The van der Waals surface area contributed by atoms with E-state index in [1.165, 1.54) is 17.8 Å². The minimum Gasteiger partial charge on any atom is -0.365 e. The van der Waals surface area contributed by atoms with Crippen LogP contribution in [0.25, 0.3) is 0 Å². The zero-order valence-electron chi connectivity index (χ0n) is 11.2. The molecule has 1 aromatic carbocycles. The zero-order chi connectivity index (χ0) is 15.9. The van der Waals surface area contributed by atoms with Crippen LogP contribution in [0.3, 0.4) is 0 Å². The molecule has 1 aliphatic heterocycles. The number of hydrogen-bond acceptors (Lipinski definition) is 3. The molecule has 0 saturated carbocycles. The van der Waals surface area contributed by atoms with E-state index in [0.717, 1.165) is 6.07 Å². The van der Waals surface area contributed by atoms with Crippen LogP contribution in [0.15, 0.2) is 33.3 Å². The van der Waals surface area contributed by atoms with Gasteiger partial charge in [0.2, 0.25) is 0 Å². The van der Waals surface area contributed by atoms with Crippen LogP contribution < -0.4 is 10.6 Å². The number of thioether (sulfide) groups is 1. The molecule has 3 nitrogen and oxygen atoms in total. The van der Waals surface area contributed by atoms with Gasteiger partial charge < -0.3 is 10.6 Å². The van der Waals surface area contributed by atoms with E-state index < -0.39 is 17.6 Å². The van der Waals surface area contributed by atoms with Crippen LogP contribution in [0.2, 0.25) is 0 Å². The number of hydrogen-bond donors (Lipinski definition) is 1. The lowest BCUT2D eigenvalue weighted by Crippen LogP contribution is -2.25. The predicted molar refractivity (Wildman–Crippen MR) is 80.6 cm³/mol. The number of anilines is 1. The normalized spacial score (nSPS) is 19.3. The maximum atomic E-state index is 13.0. The van der Waals surface area contributed by atoms with E-state index >= 15 is 0 Å². The summed E-state index contributed by atoms with van der Waals surface area (Å²) in [4.78, 5) is 13.4. The highest BCUT2D eigenvalue weighted by molar-refractivity contribution is 9.10. The standard InChI is InChI=1S/C13H12BrF3N2OS/c1-6-11(12(18)20)21-7(2)19(6)8-3-4-10(14)9(5-8)13(15,16)17/h3-5,7H,1-2H3,(H2,18,20). The Kier molecular flexibility index (Phi) is 4.30. The molecule has 0 radical (unpaired) electrons. The molecule has 0 saturated heterocycles. The van der Waals surface area contributed by atoms with Crippen molar-refractivity contribution in [2.75, 3.05) is 4.90 Å². The lowest BCUT2D eigenvalue weighted by Gasteiger charge is -2.26. The number of allylic oxidation sites excluding steroid dienone is 1. The number of amides is 1. The van der Waals surface area contributed by atoms with Crippen molar-refractivity contribution in [3.8, 4) is 0 Å². The molecule has 0 aromatic heterocycles. The Balaban J connectivity index is 2.50. The van der Waals surface area contributed by atoms with Gasteiger partial charge in [0.05, 0.1) is 15.8 Å². The molecule has 1 aliphatic rings. The van der Waals surface area contributed by atoms with Crippen molar-refractivity contribution in [1.82, 2.24) is 0 Å². The van der Waals surface area contributed by atoms with Gasteiger partial charge in [-0.2, -0.15) is 13.2 Å². The van der Waals surface area contributed by atoms with E-state index in [1.54, 1.807) is 24.8 Å². The first-order valence-corrected chi connectivity index (χ1v) is 7.63. The molecule has 1 heterocycles. The number of primary amides is 1. The molecule has 21 heavy (non-hydrogen) atoms. The maximum Gasteiger partial charge on any atom is 0.417 e. The summed E-state index contributed by atoms with van der Waals surface area (Å²) in [5, 5.41) is -0.199. The van der Waals surface area contributed by atoms with Crippen molar-refractivity contribution < 1.29 is 18.0 Å². The summed E-state index contributed by atoms with van der Waals surface area (Å²) >= 11 is 4.15. The van der Waals surface area contributed by atoms with E-state index in [0.29, 0.717) is 16.3 Å². The van der Waals surface area contributed by atoms with Crippen LogP contribution in [-0.2, 0) is 11.0 Å². The summed E-state index contributed by atoms with van der Waals surface area (Å²) in [7, 11) is 0. The average Bonchev–Trinajstić information content (AvgIpc) is 2.65. The molecule has 8 heteroatoms. The minimum absolute atomic E-state index is 0.0185. The second kappa shape index (κ2) is 5.57. The van der Waals surface area contributed by atoms with Crippen LogP contribution >= 0.6 is 27.7 Å². The smallest absolute Gasteiger partial charge is 0.365 e. The van der Waals surface area contributed by atoms with Gasteiger partial charge in [0.25, 0.3) is 5.91 Å². The van der Waals surface area contributed by atoms with Crippen molar-refractivity contribution in [3.05, 3.63) is 38.8 Å². The van der Waals surface area contributed by atoms with Gasteiger partial charge in [-0.3, -0.25) is 4.79 Å². The lowest BCUT2D eigenvalue weighted by atomic mass is 10.1. The third-order valence-corrected chi connectivity index (χ3v) is 5.08. The molecular weight excluding hydrogens is 369 g/mol. The van der Waals surface area contributed by atoms with Crippen molar-refractivity contribution in [3.63, 3.8) is 0 Å². The van der Waals surface area contributed by atoms with Crippen LogP contribution in [0, 0.1) is 0 Å². The molecule has 1 aromatic rings.